The van der Waals surface area contributed by atoms with Crippen molar-refractivity contribution in [2.75, 3.05) is 17.6 Å². The number of oxime groups is 1. The molecular weight excluding hydrogens is 380 g/mol. The fourth-order valence-corrected chi connectivity index (χ4v) is 3.79. The summed E-state index contributed by atoms with van der Waals surface area (Å²) in [6.07, 6.45) is 6.12. The molecule has 1 aromatic heterocycles. The topological polar surface area (TPSA) is 143 Å². The molecule has 1 aliphatic carbocycles. The fraction of sp³-hybridized carbons (Fsp3) is 0.421. The number of aliphatic hydroxyl groups excluding tert-OH is 1. The molecule has 0 unspecified atom stereocenters. The standard InChI is InChI=1S/C19H25ClN6O2/c20-14-7-12(10-27)6-13(8-14)15-16(23-9-11-4-2-1-3-5-11)17(21)25-19(24-15)18(22)26-28/h6-8,11,23,27-28H,1-5,9-10H2,(H2,22,26)(H2,21,24,25). The van der Waals surface area contributed by atoms with Gasteiger partial charge in [-0.3, -0.25) is 0 Å². The second-order valence-corrected chi connectivity index (χ2v) is 7.47. The van der Waals surface area contributed by atoms with E-state index in [9.17, 15) is 5.11 Å². The number of halogens is 1. The van der Waals surface area contributed by atoms with E-state index in [-0.39, 0.29) is 24.1 Å². The summed E-state index contributed by atoms with van der Waals surface area (Å²) in [4.78, 5) is 8.61. The van der Waals surface area contributed by atoms with Gasteiger partial charge in [-0.05, 0) is 42.5 Å². The molecule has 8 nitrogen and oxygen atoms in total. The van der Waals surface area contributed by atoms with Crippen LogP contribution in [-0.2, 0) is 6.61 Å². The van der Waals surface area contributed by atoms with Crippen LogP contribution in [0.25, 0.3) is 11.3 Å². The van der Waals surface area contributed by atoms with Crippen LogP contribution in [0.5, 0.6) is 0 Å². The van der Waals surface area contributed by atoms with E-state index in [1.54, 1.807) is 18.2 Å². The quantitative estimate of drug-likeness (QED) is 0.215. The highest BCUT2D eigenvalue weighted by Gasteiger charge is 2.19. The maximum atomic E-state index is 9.51. The summed E-state index contributed by atoms with van der Waals surface area (Å²) in [5.74, 6) is 0.546. The van der Waals surface area contributed by atoms with Gasteiger partial charge in [0, 0.05) is 17.1 Å². The fourth-order valence-electron chi connectivity index (χ4n) is 3.54. The number of hydrogen-bond donors (Lipinski definition) is 5. The lowest BCUT2D eigenvalue weighted by atomic mass is 9.89. The summed E-state index contributed by atoms with van der Waals surface area (Å²) in [7, 11) is 0. The third-order valence-electron chi connectivity index (χ3n) is 4.98. The molecular formula is C19H25ClN6O2. The van der Waals surface area contributed by atoms with Gasteiger partial charge in [0.15, 0.2) is 5.82 Å². The summed E-state index contributed by atoms with van der Waals surface area (Å²) < 4.78 is 0. The first kappa shape index (κ1) is 20.2. The zero-order valence-electron chi connectivity index (χ0n) is 15.5. The predicted molar refractivity (Wildman–Crippen MR) is 110 cm³/mol. The molecule has 0 bridgehead atoms. The van der Waals surface area contributed by atoms with Crippen LogP contribution >= 0.6 is 11.6 Å². The smallest absolute Gasteiger partial charge is 0.208 e. The molecule has 0 radical (unpaired) electrons. The molecule has 1 saturated carbocycles. The maximum Gasteiger partial charge on any atom is 0.208 e. The Labute approximate surface area is 168 Å². The van der Waals surface area contributed by atoms with Gasteiger partial charge in [-0.1, -0.05) is 36.0 Å². The van der Waals surface area contributed by atoms with Crippen molar-refractivity contribution >= 4 is 28.9 Å². The van der Waals surface area contributed by atoms with Crippen molar-refractivity contribution in [2.45, 2.75) is 38.7 Å². The molecule has 0 atom stereocenters. The molecule has 0 amide bonds. The lowest BCUT2D eigenvalue weighted by Gasteiger charge is -2.23. The van der Waals surface area contributed by atoms with Crippen LogP contribution in [0.4, 0.5) is 11.5 Å². The predicted octanol–water partition coefficient (Wildman–Crippen LogP) is 2.96. The van der Waals surface area contributed by atoms with Gasteiger partial charge in [-0.15, -0.1) is 0 Å². The highest BCUT2D eigenvalue weighted by molar-refractivity contribution is 6.31. The van der Waals surface area contributed by atoms with Gasteiger partial charge >= 0.3 is 0 Å². The third kappa shape index (κ3) is 4.63. The molecule has 2 aromatic rings. The van der Waals surface area contributed by atoms with E-state index in [0.29, 0.717) is 33.4 Å². The van der Waals surface area contributed by atoms with E-state index in [2.05, 4.69) is 20.4 Å². The first-order valence-corrected chi connectivity index (χ1v) is 9.69. The number of hydrogen-bond acceptors (Lipinski definition) is 7. The summed E-state index contributed by atoms with van der Waals surface area (Å²) in [5.41, 5.74) is 14.2. The Hall–Kier alpha value is -2.58. The molecule has 28 heavy (non-hydrogen) atoms. The third-order valence-corrected chi connectivity index (χ3v) is 5.20. The highest BCUT2D eigenvalue weighted by Crippen LogP contribution is 2.33. The van der Waals surface area contributed by atoms with Gasteiger partial charge in [-0.25, -0.2) is 9.97 Å². The minimum absolute atomic E-state index is 0.0174. The zero-order valence-corrected chi connectivity index (χ0v) is 16.3. The number of rotatable bonds is 6. The van der Waals surface area contributed by atoms with E-state index in [4.69, 9.17) is 28.3 Å². The Morgan fingerprint density at radius 2 is 1.96 bits per heavy atom. The van der Waals surface area contributed by atoms with Crippen LogP contribution in [0.3, 0.4) is 0 Å². The van der Waals surface area contributed by atoms with Crippen molar-refractivity contribution < 1.29 is 10.3 Å². The molecule has 150 valence electrons. The number of nitrogens with zero attached hydrogens (tertiary/aromatic N) is 3. The first-order chi connectivity index (χ1) is 13.5. The van der Waals surface area contributed by atoms with Crippen LogP contribution in [0.1, 0.15) is 43.5 Å². The molecule has 1 fully saturated rings. The van der Waals surface area contributed by atoms with Crippen molar-refractivity contribution in [3.05, 3.63) is 34.6 Å². The molecule has 9 heteroatoms. The lowest BCUT2D eigenvalue weighted by molar-refractivity contribution is 0.282. The number of anilines is 2. The average molecular weight is 405 g/mol. The van der Waals surface area contributed by atoms with Gasteiger partial charge in [0.2, 0.25) is 11.7 Å². The van der Waals surface area contributed by atoms with Crippen molar-refractivity contribution in [2.24, 2.45) is 16.8 Å². The zero-order chi connectivity index (χ0) is 20.1. The van der Waals surface area contributed by atoms with Crippen molar-refractivity contribution in [3.8, 4) is 11.3 Å². The SMILES string of the molecule is N/C(=N\O)c1nc(N)c(NCC2CCCCC2)c(-c2cc(Cl)cc(CO)c2)n1. The largest absolute Gasteiger partial charge is 0.409 e. The van der Waals surface area contributed by atoms with E-state index >= 15 is 0 Å². The monoisotopic (exact) mass is 404 g/mol. The van der Waals surface area contributed by atoms with E-state index in [1.807, 2.05) is 0 Å². The van der Waals surface area contributed by atoms with Crippen molar-refractivity contribution in [3.63, 3.8) is 0 Å². The number of nitrogens with one attached hydrogen (secondary N) is 1. The summed E-state index contributed by atoms with van der Waals surface area (Å²) in [5, 5.41) is 25.3. The Morgan fingerprint density at radius 3 is 2.64 bits per heavy atom. The second kappa shape index (κ2) is 9.07. The summed E-state index contributed by atoms with van der Waals surface area (Å²) >= 11 is 6.20. The van der Waals surface area contributed by atoms with E-state index < -0.39 is 0 Å². The van der Waals surface area contributed by atoms with Crippen LogP contribution in [-0.4, -0.2) is 32.7 Å². The second-order valence-electron chi connectivity index (χ2n) is 7.03. The minimum Gasteiger partial charge on any atom is -0.409 e. The van der Waals surface area contributed by atoms with Crippen molar-refractivity contribution in [1.82, 2.24) is 9.97 Å². The number of aliphatic hydroxyl groups is 1. The molecule has 0 saturated heterocycles. The molecule has 1 aromatic carbocycles. The highest BCUT2D eigenvalue weighted by atomic mass is 35.5. The Bertz CT molecular complexity index is 868. The molecule has 0 aliphatic heterocycles. The van der Waals surface area contributed by atoms with Gasteiger partial charge < -0.3 is 27.1 Å². The summed E-state index contributed by atoms with van der Waals surface area (Å²) in [6.45, 7) is 0.600. The molecule has 7 N–H and O–H groups in total. The number of nitrogens with two attached hydrogens (primary N) is 2. The molecule has 1 aliphatic rings. The molecule has 0 spiro atoms. The Kier molecular flexibility index (Phi) is 6.53. The molecule has 3 rings (SSSR count). The van der Waals surface area contributed by atoms with Gasteiger partial charge in [0.25, 0.3) is 0 Å². The lowest BCUT2D eigenvalue weighted by Crippen LogP contribution is -2.22. The Balaban J connectivity index is 2.03. The number of amidine groups is 1. The van der Waals surface area contributed by atoms with Crippen LogP contribution < -0.4 is 16.8 Å². The molecule has 1 heterocycles. The minimum atomic E-state index is -0.240. The van der Waals surface area contributed by atoms with E-state index in [0.717, 1.165) is 6.54 Å². The van der Waals surface area contributed by atoms with Crippen LogP contribution in [0, 0.1) is 5.92 Å². The number of aromatic nitrogens is 2. The normalized spacial score (nSPS) is 15.6. The Morgan fingerprint density at radius 1 is 1.21 bits per heavy atom. The van der Waals surface area contributed by atoms with Crippen molar-refractivity contribution in [1.29, 1.82) is 0 Å². The van der Waals surface area contributed by atoms with Crippen LogP contribution in [0.2, 0.25) is 5.02 Å². The van der Waals surface area contributed by atoms with Gasteiger partial charge in [0.05, 0.1) is 12.3 Å². The van der Waals surface area contributed by atoms with Gasteiger partial charge in [0.1, 0.15) is 5.69 Å². The van der Waals surface area contributed by atoms with Gasteiger partial charge in [-0.2, -0.15) is 0 Å². The van der Waals surface area contributed by atoms with Crippen LogP contribution in [0.15, 0.2) is 23.4 Å². The average Bonchev–Trinajstić information content (AvgIpc) is 2.72. The number of benzene rings is 1. The van der Waals surface area contributed by atoms with E-state index in [1.165, 1.54) is 32.1 Å². The number of nitrogen functional groups attached to an aromatic ring is 1. The first-order valence-electron chi connectivity index (χ1n) is 9.31. The maximum absolute atomic E-state index is 9.51. The summed E-state index contributed by atoms with van der Waals surface area (Å²) in [6, 6.07) is 5.18.